The number of benzene rings is 1. The first-order valence-electron chi connectivity index (χ1n) is 4.23. The summed E-state index contributed by atoms with van der Waals surface area (Å²) in [6.07, 6.45) is 0.270. The van der Waals surface area contributed by atoms with E-state index in [1.165, 1.54) is 0 Å². The molecule has 0 amide bonds. The molecule has 4 heteroatoms. The Morgan fingerprint density at radius 2 is 2.07 bits per heavy atom. The largest absolute Gasteiger partial charge is 0.548 e. The van der Waals surface area contributed by atoms with Gasteiger partial charge in [0.05, 0.1) is 13.1 Å². The molecule has 0 heterocycles. The van der Waals surface area contributed by atoms with Crippen LogP contribution in [0, 0.1) is 0 Å². The molecule has 1 atom stereocenters. The Bertz CT molecular complexity index is 308. The quantitative estimate of drug-likeness (QED) is 0.688. The van der Waals surface area contributed by atoms with Crippen molar-refractivity contribution in [3.63, 3.8) is 0 Å². The average molecular weight is 194 g/mol. The number of hydrogen-bond donors (Lipinski definition) is 1. The Morgan fingerprint density at radius 1 is 1.50 bits per heavy atom. The lowest BCUT2D eigenvalue weighted by molar-refractivity contribution is -0.307. The fourth-order valence-electron chi connectivity index (χ4n) is 1.10. The highest BCUT2D eigenvalue weighted by molar-refractivity contribution is 5.71. The zero-order valence-electron chi connectivity index (χ0n) is 7.90. The van der Waals surface area contributed by atoms with E-state index in [9.17, 15) is 9.90 Å². The van der Waals surface area contributed by atoms with Gasteiger partial charge >= 0.3 is 0 Å². The molecular weight excluding hydrogens is 182 g/mol. The molecule has 0 radical (unpaired) electrons. The summed E-state index contributed by atoms with van der Waals surface area (Å²) in [5, 5.41) is 10.4. The van der Waals surface area contributed by atoms with Gasteiger partial charge in [0.1, 0.15) is 5.75 Å². The Hall–Kier alpha value is -1.55. The van der Waals surface area contributed by atoms with Crippen molar-refractivity contribution in [2.75, 3.05) is 7.11 Å². The van der Waals surface area contributed by atoms with Gasteiger partial charge in [0, 0.05) is 6.04 Å². The van der Waals surface area contributed by atoms with Crippen molar-refractivity contribution in [3.8, 4) is 5.75 Å². The fourth-order valence-corrected chi connectivity index (χ4v) is 1.10. The van der Waals surface area contributed by atoms with Gasteiger partial charge in [-0.25, -0.2) is 0 Å². The molecule has 0 saturated heterocycles. The van der Waals surface area contributed by atoms with E-state index in [1.54, 1.807) is 31.4 Å². The van der Waals surface area contributed by atoms with Crippen molar-refractivity contribution >= 4 is 5.97 Å². The summed E-state index contributed by atoms with van der Waals surface area (Å²) in [5.74, 6) is -0.503. The predicted molar refractivity (Wildman–Crippen MR) is 49.7 cm³/mol. The smallest absolute Gasteiger partial charge is 0.118 e. The van der Waals surface area contributed by atoms with E-state index in [-0.39, 0.29) is 6.42 Å². The summed E-state index contributed by atoms with van der Waals surface area (Å²) in [7, 11) is 1.57. The molecule has 4 nitrogen and oxygen atoms in total. The molecular formula is C10H12NO3-. The second-order valence-corrected chi connectivity index (χ2v) is 2.98. The first kappa shape index (κ1) is 10.5. The van der Waals surface area contributed by atoms with E-state index in [0.29, 0.717) is 0 Å². The number of carbonyl (C=O) groups excluding carboxylic acids is 1. The number of hydrogen-bond acceptors (Lipinski definition) is 4. The third-order valence-corrected chi connectivity index (χ3v) is 1.92. The van der Waals surface area contributed by atoms with Crippen molar-refractivity contribution < 1.29 is 14.6 Å². The van der Waals surface area contributed by atoms with Crippen molar-refractivity contribution in [3.05, 3.63) is 29.8 Å². The maximum absolute atomic E-state index is 10.4. The molecule has 0 aromatic heterocycles. The number of nitrogens with two attached hydrogens (primary N) is 1. The molecule has 2 N–H and O–H groups in total. The van der Waals surface area contributed by atoms with Crippen LogP contribution in [0.4, 0.5) is 0 Å². The van der Waals surface area contributed by atoms with Crippen LogP contribution in [0.5, 0.6) is 5.75 Å². The van der Waals surface area contributed by atoms with Crippen molar-refractivity contribution in [1.29, 1.82) is 0 Å². The van der Waals surface area contributed by atoms with E-state index >= 15 is 0 Å². The van der Waals surface area contributed by atoms with Crippen LogP contribution in [0.25, 0.3) is 0 Å². The number of aliphatic carboxylic acids is 1. The Kier molecular flexibility index (Phi) is 3.48. The van der Waals surface area contributed by atoms with Gasteiger partial charge in [-0.2, -0.15) is 0 Å². The minimum Gasteiger partial charge on any atom is -0.548 e. The van der Waals surface area contributed by atoms with Crippen LogP contribution < -0.4 is 15.6 Å². The Labute approximate surface area is 82.3 Å². The van der Waals surface area contributed by atoms with Crippen LogP contribution in [0.1, 0.15) is 5.56 Å². The van der Waals surface area contributed by atoms with Gasteiger partial charge in [-0.1, -0.05) is 12.1 Å². The van der Waals surface area contributed by atoms with E-state index in [0.717, 1.165) is 11.3 Å². The first-order chi connectivity index (χ1) is 6.63. The monoisotopic (exact) mass is 194 g/mol. The van der Waals surface area contributed by atoms with Crippen LogP contribution in [-0.2, 0) is 11.2 Å². The molecule has 1 rings (SSSR count). The van der Waals surface area contributed by atoms with Gasteiger partial charge in [-0.3, -0.25) is 0 Å². The second kappa shape index (κ2) is 4.62. The fraction of sp³-hybridized carbons (Fsp3) is 0.300. The van der Waals surface area contributed by atoms with E-state index in [1.807, 2.05) is 0 Å². The van der Waals surface area contributed by atoms with Gasteiger partial charge in [-0.15, -0.1) is 0 Å². The van der Waals surface area contributed by atoms with Gasteiger partial charge in [0.15, 0.2) is 0 Å². The number of rotatable bonds is 4. The topological polar surface area (TPSA) is 75.4 Å². The minimum atomic E-state index is -1.24. The number of carbonyl (C=O) groups is 1. The zero-order valence-corrected chi connectivity index (χ0v) is 7.90. The minimum absolute atomic E-state index is 0.270. The molecule has 1 aromatic carbocycles. The normalized spacial score (nSPS) is 12.1. The van der Waals surface area contributed by atoms with Crippen LogP contribution in [0.3, 0.4) is 0 Å². The maximum Gasteiger partial charge on any atom is 0.118 e. The van der Waals surface area contributed by atoms with Crippen LogP contribution in [-0.4, -0.2) is 19.1 Å². The molecule has 14 heavy (non-hydrogen) atoms. The van der Waals surface area contributed by atoms with Gasteiger partial charge < -0.3 is 20.4 Å². The summed E-state index contributed by atoms with van der Waals surface area (Å²) in [6.45, 7) is 0. The summed E-state index contributed by atoms with van der Waals surface area (Å²) in [5.41, 5.74) is 6.18. The standard InChI is InChI=1S/C10H13NO3/c1-14-8-4-2-7(3-5-8)6-9(11)10(12)13/h2-5,9H,6,11H2,1H3,(H,12,13)/p-1/t9-/m0/s1. The van der Waals surface area contributed by atoms with Crippen LogP contribution >= 0.6 is 0 Å². The molecule has 1 aromatic rings. The zero-order chi connectivity index (χ0) is 10.6. The molecule has 0 spiro atoms. The summed E-state index contributed by atoms with van der Waals surface area (Å²) in [4.78, 5) is 10.4. The molecule has 0 bridgehead atoms. The van der Waals surface area contributed by atoms with Crippen molar-refractivity contribution in [1.82, 2.24) is 0 Å². The van der Waals surface area contributed by atoms with Gasteiger partial charge in [0.2, 0.25) is 0 Å². The summed E-state index contributed by atoms with van der Waals surface area (Å²) < 4.78 is 4.96. The van der Waals surface area contributed by atoms with Crippen LogP contribution in [0.15, 0.2) is 24.3 Å². The van der Waals surface area contributed by atoms with Crippen molar-refractivity contribution in [2.45, 2.75) is 12.5 Å². The third-order valence-electron chi connectivity index (χ3n) is 1.92. The summed E-state index contributed by atoms with van der Waals surface area (Å²) >= 11 is 0. The number of methoxy groups -OCH3 is 1. The van der Waals surface area contributed by atoms with Gasteiger partial charge in [-0.05, 0) is 24.1 Å². The molecule has 0 fully saturated rings. The lowest BCUT2D eigenvalue weighted by atomic mass is 10.1. The molecule has 0 unspecified atom stereocenters. The number of carboxylic acid groups (broad SMARTS) is 1. The van der Waals surface area contributed by atoms with Gasteiger partial charge in [0.25, 0.3) is 0 Å². The number of ether oxygens (including phenoxy) is 1. The first-order valence-corrected chi connectivity index (χ1v) is 4.23. The van der Waals surface area contributed by atoms with Crippen molar-refractivity contribution in [2.24, 2.45) is 5.73 Å². The lowest BCUT2D eigenvalue weighted by Crippen LogP contribution is -2.43. The molecule has 0 aliphatic heterocycles. The molecule has 0 aliphatic rings. The molecule has 0 aliphatic carbocycles. The average Bonchev–Trinajstić information content (AvgIpc) is 2.19. The van der Waals surface area contributed by atoms with E-state index in [4.69, 9.17) is 10.5 Å². The van der Waals surface area contributed by atoms with E-state index < -0.39 is 12.0 Å². The highest BCUT2D eigenvalue weighted by atomic mass is 16.5. The second-order valence-electron chi connectivity index (χ2n) is 2.98. The predicted octanol–water partition coefficient (Wildman–Crippen LogP) is -0.685. The van der Waals surface area contributed by atoms with Crippen LogP contribution in [0.2, 0.25) is 0 Å². The maximum atomic E-state index is 10.4. The Morgan fingerprint density at radius 3 is 2.50 bits per heavy atom. The highest BCUT2D eigenvalue weighted by Gasteiger charge is 2.04. The Balaban J connectivity index is 2.64. The van der Waals surface area contributed by atoms with E-state index in [2.05, 4.69) is 0 Å². The molecule has 76 valence electrons. The summed E-state index contributed by atoms with van der Waals surface area (Å²) in [6, 6.07) is 6.13. The SMILES string of the molecule is COc1ccc(C[C@H](N)C(=O)[O-])cc1. The molecule has 0 saturated carbocycles. The highest BCUT2D eigenvalue weighted by Crippen LogP contribution is 2.12. The number of carboxylic acids is 1. The third kappa shape index (κ3) is 2.74. The lowest BCUT2D eigenvalue weighted by Gasteiger charge is -2.12.